The number of amides is 2. The van der Waals surface area contributed by atoms with Gasteiger partial charge in [0, 0.05) is 45.9 Å². The van der Waals surface area contributed by atoms with Crippen LogP contribution in [0.4, 0.5) is 0 Å². The first kappa shape index (κ1) is 16.9. The molecule has 116 valence electrons. The average molecular weight is 285 g/mol. The van der Waals surface area contributed by atoms with Gasteiger partial charge in [0.2, 0.25) is 0 Å². The summed E-state index contributed by atoms with van der Waals surface area (Å²) >= 11 is 0. The summed E-state index contributed by atoms with van der Waals surface area (Å²) in [5.41, 5.74) is 0. The minimum atomic E-state index is -0.391. The van der Waals surface area contributed by atoms with E-state index < -0.39 is 5.91 Å². The number of hydrogen-bond donors (Lipinski definition) is 1. The number of rotatable bonds is 6. The summed E-state index contributed by atoms with van der Waals surface area (Å²) in [6.07, 6.45) is 1.70. The molecule has 1 aliphatic heterocycles. The third-order valence-electron chi connectivity index (χ3n) is 3.77. The van der Waals surface area contributed by atoms with Crippen LogP contribution in [0.15, 0.2) is 0 Å². The summed E-state index contributed by atoms with van der Waals surface area (Å²) in [5, 5.41) is 3.18. The molecule has 0 unspecified atom stereocenters. The van der Waals surface area contributed by atoms with Gasteiger partial charge in [0.1, 0.15) is 0 Å². The minimum Gasteiger partial charge on any atom is -0.383 e. The Hall–Kier alpha value is -1.14. The average Bonchev–Trinajstić information content (AvgIpc) is 2.51. The maximum atomic E-state index is 12.5. The van der Waals surface area contributed by atoms with E-state index in [0.717, 1.165) is 25.9 Å². The van der Waals surface area contributed by atoms with Gasteiger partial charge in [-0.1, -0.05) is 13.8 Å². The van der Waals surface area contributed by atoms with E-state index in [4.69, 9.17) is 4.74 Å². The fourth-order valence-electron chi connectivity index (χ4n) is 2.50. The second kappa shape index (κ2) is 8.92. The molecule has 0 saturated carbocycles. The number of methoxy groups -OCH3 is 1. The van der Waals surface area contributed by atoms with E-state index in [0.29, 0.717) is 26.2 Å². The summed E-state index contributed by atoms with van der Waals surface area (Å²) in [6.45, 7) is 7.71. The first-order chi connectivity index (χ1) is 9.65. The molecule has 1 heterocycles. The number of nitrogens with zero attached hydrogens (tertiary/aromatic N) is 2. The maximum absolute atomic E-state index is 12.5. The number of piperazine rings is 1. The van der Waals surface area contributed by atoms with E-state index in [1.54, 1.807) is 16.9 Å². The molecule has 0 atom stereocenters. The molecule has 6 heteroatoms. The van der Waals surface area contributed by atoms with Gasteiger partial charge in [0.15, 0.2) is 0 Å². The molecule has 6 nitrogen and oxygen atoms in total. The Morgan fingerprint density at radius 3 is 2.35 bits per heavy atom. The van der Waals surface area contributed by atoms with Gasteiger partial charge in [-0.2, -0.15) is 0 Å². The zero-order valence-corrected chi connectivity index (χ0v) is 12.9. The summed E-state index contributed by atoms with van der Waals surface area (Å²) < 4.78 is 5.06. The van der Waals surface area contributed by atoms with E-state index in [1.807, 2.05) is 13.8 Å². The van der Waals surface area contributed by atoms with Crippen molar-refractivity contribution in [2.45, 2.75) is 32.7 Å². The number of carbonyl (C=O) groups excluding carboxylic acids is 2. The molecule has 1 rings (SSSR count). The zero-order valence-electron chi connectivity index (χ0n) is 12.9. The van der Waals surface area contributed by atoms with Gasteiger partial charge in [-0.05, 0) is 12.8 Å². The highest BCUT2D eigenvalue weighted by atomic mass is 16.5. The Morgan fingerprint density at radius 2 is 1.85 bits per heavy atom. The summed E-state index contributed by atoms with van der Waals surface area (Å²) in [5.74, 6) is -0.771. The van der Waals surface area contributed by atoms with Crippen molar-refractivity contribution in [1.82, 2.24) is 15.1 Å². The Labute approximate surface area is 121 Å². The number of ether oxygens (including phenoxy) is 1. The van der Waals surface area contributed by atoms with E-state index in [-0.39, 0.29) is 11.9 Å². The van der Waals surface area contributed by atoms with Gasteiger partial charge in [-0.3, -0.25) is 9.59 Å². The maximum Gasteiger partial charge on any atom is 0.312 e. The first-order valence-electron chi connectivity index (χ1n) is 7.45. The normalized spacial score (nSPS) is 15.5. The molecule has 1 fully saturated rings. The standard InChI is InChI=1S/C14H27N3O3/c1-4-12(5-2)17(10-11-20-3)14(19)13(18)16-8-6-15-7-9-16/h12,15H,4-11H2,1-3H3. The minimum absolute atomic E-state index is 0.101. The van der Waals surface area contributed by atoms with E-state index in [1.165, 1.54) is 0 Å². The van der Waals surface area contributed by atoms with Crippen LogP contribution in [0.1, 0.15) is 26.7 Å². The smallest absolute Gasteiger partial charge is 0.312 e. The van der Waals surface area contributed by atoms with Crippen LogP contribution in [0.5, 0.6) is 0 Å². The quantitative estimate of drug-likeness (QED) is 0.702. The first-order valence-corrected chi connectivity index (χ1v) is 7.45. The molecule has 1 aliphatic rings. The van der Waals surface area contributed by atoms with Crippen LogP contribution in [0, 0.1) is 0 Å². The lowest BCUT2D eigenvalue weighted by Crippen LogP contribution is -2.54. The van der Waals surface area contributed by atoms with E-state index in [2.05, 4.69) is 5.32 Å². The predicted octanol–water partition coefficient (Wildman–Crippen LogP) is 0.0818. The lowest BCUT2D eigenvalue weighted by molar-refractivity contribution is -0.154. The third kappa shape index (κ3) is 4.45. The van der Waals surface area contributed by atoms with Gasteiger partial charge in [0.05, 0.1) is 6.61 Å². The summed E-state index contributed by atoms with van der Waals surface area (Å²) in [7, 11) is 1.60. The third-order valence-corrected chi connectivity index (χ3v) is 3.77. The van der Waals surface area contributed by atoms with Gasteiger partial charge < -0.3 is 19.9 Å². The zero-order chi connectivity index (χ0) is 15.0. The topological polar surface area (TPSA) is 61.9 Å². The molecule has 2 amide bonds. The molecule has 0 aromatic heterocycles. The van der Waals surface area contributed by atoms with Crippen LogP contribution in [0.3, 0.4) is 0 Å². The van der Waals surface area contributed by atoms with E-state index >= 15 is 0 Å². The van der Waals surface area contributed by atoms with Crippen LogP contribution in [-0.4, -0.2) is 74.1 Å². The van der Waals surface area contributed by atoms with Crippen molar-refractivity contribution in [1.29, 1.82) is 0 Å². The molecular weight excluding hydrogens is 258 g/mol. The lowest BCUT2D eigenvalue weighted by atomic mass is 10.1. The van der Waals surface area contributed by atoms with E-state index in [9.17, 15) is 9.59 Å². The molecule has 1 N–H and O–H groups in total. The van der Waals surface area contributed by atoms with Gasteiger partial charge in [-0.25, -0.2) is 0 Å². The van der Waals surface area contributed by atoms with Crippen LogP contribution in [0.2, 0.25) is 0 Å². The molecular formula is C14H27N3O3. The molecule has 0 aromatic rings. The van der Waals surface area contributed by atoms with Gasteiger partial charge in [-0.15, -0.1) is 0 Å². The van der Waals surface area contributed by atoms with Crippen LogP contribution < -0.4 is 5.32 Å². The summed E-state index contributed by atoms with van der Waals surface area (Å²) in [6, 6.07) is 0.101. The molecule has 0 aliphatic carbocycles. The Kier molecular flexibility index (Phi) is 7.54. The molecule has 1 saturated heterocycles. The fourth-order valence-corrected chi connectivity index (χ4v) is 2.50. The van der Waals surface area contributed by atoms with Crippen molar-refractivity contribution in [3.8, 4) is 0 Å². The number of carbonyl (C=O) groups is 2. The predicted molar refractivity (Wildman–Crippen MR) is 77.4 cm³/mol. The highest BCUT2D eigenvalue weighted by Gasteiger charge is 2.30. The number of hydrogen-bond acceptors (Lipinski definition) is 4. The lowest BCUT2D eigenvalue weighted by Gasteiger charge is -2.33. The number of nitrogens with one attached hydrogen (secondary N) is 1. The van der Waals surface area contributed by atoms with Crippen molar-refractivity contribution in [2.75, 3.05) is 46.4 Å². The summed E-state index contributed by atoms with van der Waals surface area (Å²) in [4.78, 5) is 28.1. The van der Waals surface area contributed by atoms with Crippen molar-refractivity contribution < 1.29 is 14.3 Å². The highest BCUT2D eigenvalue weighted by molar-refractivity contribution is 6.35. The molecule has 0 aromatic carbocycles. The van der Waals surface area contributed by atoms with Gasteiger partial charge >= 0.3 is 11.8 Å². The fraction of sp³-hybridized carbons (Fsp3) is 0.857. The Balaban J connectivity index is 2.71. The highest BCUT2D eigenvalue weighted by Crippen LogP contribution is 2.10. The van der Waals surface area contributed by atoms with Crippen molar-refractivity contribution in [2.24, 2.45) is 0 Å². The van der Waals surface area contributed by atoms with Crippen LogP contribution >= 0.6 is 0 Å². The molecule has 0 spiro atoms. The SMILES string of the molecule is CCC(CC)N(CCOC)C(=O)C(=O)N1CCNCC1. The Bertz CT molecular complexity index is 313. The monoisotopic (exact) mass is 285 g/mol. The Morgan fingerprint density at radius 1 is 1.25 bits per heavy atom. The van der Waals surface area contributed by atoms with Crippen molar-refractivity contribution >= 4 is 11.8 Å². The van der Waals surface area contributed by atoms with Gasteiger partial charge in [0.25, 0.3) is 0 Å². The van der Waals surface area contributed by atoms with Crippen molar-refractivity contribution in [3.63, 3.8) is 0 Å². The van der Waals surface area contributed by atoms with Crippen molar-refractivity contribution in [3.05, 3.63) is 0 Å². The van der Waals surface area contributed by atoms with Crippen LogP contribution in [0.25, 0.3) is 0 Å². The second-order valence-electron chi connectivity index (χ2n) is 5.00. The molecule has 0 bridgehead atoms. The largest absolute Gasteiger partial charge is 0.383 e. The molecule has 0 radical (unpaired) electrons. The second-order valence-corrected chi connectivity index (χ2v) is 5.00. The van der Waals surface area contributed by atoms with Crippen LogP contribution in [-0.2, 0) is 14.3 Å². The molecule has 20 heavy (non-hydrogen) atoms.